The van der Waals surface area contributed by atoms with Gasteiger partial charge in [0.1, 0.15) is 17.8 Å². The molecule has 1 aromatic rings. The Morgan fingerprint density at radius 3 is 2.43 bits per heavy atom. The fourth-order valence-electron chi connectivity index (χ4n) is 1.42. The summed E-state index contributed by atoms with van der Waals surface area (Å²) >= 11 is 1.38. The van der Waals surface area contributed by atoms with Gasteiger partial charge < -0.3 is 20.3 Å². The Morgan fingerprint density at radius 2 is 1.95 bits per heavy atom. The van der Waals surface area contributed by atoms with Crippen molar-refractivity contribution < 1.29 is 19.7 Å². The zero-order valence-electron chi connectivity index (χ0n) is 12.5. The minimum absolute atomic E-state index is 0.139. The molecule has 0 saturated heterocycles. The van der Waals surface area contributed by atoms with E-state index in [2.05, 4.69) is 15.3 Å². The van der Waals surface area contributed by atoms with E-state index in [1.807, 2.05) is 6.26 Å². The molecule has 0 fully saturated rings. The number of thioether (sulfide) groups is 1. The van der Waals surface area contributed by atoms with Crippen LogP contribution in [0.1, 0.15) is 32.4 Å². The lowest BCUT2D eigenvalue weighted by Crippen LogP contribution is -2.38. The third kappa shape index (κ3) is 6.28. The number of hydrogen-bond donors (Lipinski definition) is 3. The van der Waals surface area contributed by atoms with Crippen LogP contribution in [0.3, 0.4) is 0 Å². The van der Waals surface area contributed by atoms with Gasteiger partial charge in [-0.25, -0.2) is 14.8 Å². The van der Waals surface area contributed by atoms with Gasteiger partial charge in [-0.3, -0.25) is 0 Å². The van der Waals surface area contributed by atoms with Crippen molar-refractivity contribution in [2.45, 2.75) is 43.7 Å². The van der Waals surface area contributed by atoms with Crippen molar-refractivity contribution in [3.05, 3.63) is 18.0 Å². The summed E-state index contributed by atoms with van der Waals surface area (Å²) in [6.45, 7) is 5.08. The third-order valence-electron chi connectivity index (χ3n) is 2.39. The van der Waals surface area contributed by atoms with E-state index in [0.717, 1.165) is 0 Å². The Labute approximate surface area is 128 Å². The number of carbonyl (C=O) groups is 1. The molecule has 1 aromatic heterocycles. The number of amides is 1. The lowest BCUT2D eigenvalue weighted by molar-refractivity contribution is 0.0125. The van der Waals surface area contributed by atoms with Gasteiger partial charge in [-0.2, -0.15) is 0 Å². The van der Waals surface area contributed by atoms with Crippen LogP contribution >= 0.6 is 11.8 Å². The molecule has 0 spiro atoms. The summed E-state index contributed by atoms with van der Waals surface area (Å²) in [6.07, 6.45) is 1.71. The second-order valence-corrected chi connectivity index (χ2v) is 6.17. The van der Waals surface area contributed by atoms with Crippen LogP contribution in [0.4, 0.5) is 4.79 Å². The van der Waals surface area contributed by atoms with Gasteiger partial charge in [-0.05, 0) is 27.0 Å². The van der Waals surface area contributed by atoms with Gasteiger partial charge in [-0.15, -0.1) is 0 Å². The third-order valence-corrected chi connectivity index (χ3v) is 2.97. The van der Waals surface area contributed by atoms with Crippen molar-refractivity contribution in [1.29, 1.82) is 0 Å². The number of ether oxygens (including phenoxy) is 1. The van der Waals surface area contributed by atoms with Gasteiger partial charge in [0.15, 0.2) is 5.16 Å². The van der Waals surface area contributed by atoms with E-state index in [-0.39, 0.29) is 6.54 Å². The van der Waals surface area contributed by atoms with Crippen molar-refractivity contribution in [2.75, 3.05) is 12.8 Å². The summed E-state index contributed by atoms with van der Waals surface area (Å²) in [7, 11) is 0. The second-order valence-electron chi connectivity index (χ2n) is 5.40. The normalized spacial score (nSPS) is 14.4. The second kappa shape index (κ2) is 7.58. The van der Waals surface area contributed by atoms with Crippen LogP contribution in [-0.4, -0.2) is 50.8 Å². The number of rotatable bonds is 5. The van der Waals surface area contributed by atoms with Crippen molar-refractivity contribution >= 4 is 17.9 Å². The summed E-state index contributed by atoms with van der Waals surface area (Å²) in [5, 5.41) is 22.8. The van der Waals surface area contributed by atoms with Crippen molar-refractivity contribution in [2.24, 2.45) is 0 Å². The molecule has 0 aliphatic rings. The molecule has 0 aliphatic heterocycles. The molecule has 2 unspecified atom stereocenters. The molecule has 0 saturated carbocycles. The molecule has 21 heavy (non-hydrogen) atoms. The predicted octanol–water partition coefficient (Wildman–Crippen LogP) is 1.12. The average molecular weight is 315 g/mol. The number of aliphatic hydroxyl groups excluding tert-OH is 2. The first-order valence-electron chi connectivity index (χ1n) is 6.42. The standard InChI is InChI=1S/C13H21N3O4S/c1-13(2,3)20-12(19)16-7-9(17)10(18)8-5-14-11(21-4)15-6-8/h5-6,9-10,17-18H,7H2,1-4H3,(H,16,19). The number of carbonyl (C=O) groups excluding carboxylic acids is 1. The summed E-state index contributed by atoms with van der Waals surface area (Å²) in [5.74, 6) is 0. The zero-order valence-corrected chi connectivity index (χ0v) is 13.3. The fraction of sp³-hybridized carbons (Fsp3) is 0.615. The van der Waals surface area contributed by atoms with E-state index in [0.29, 0.717) is 10.7 Å². The molecule has 0 radical (unpaired) electrons. The summed E-state index contributed by atoms with van der Waals surface area (Å²) < 4.78 is 5.03. The molecule has 2 atom stereocenters. The highest BCUT2D eigenvalue weighted by Crippen LogP contribution is 2.16. The highest BCUT2D eigenvalue weighted by Gasteiger charge is 2.22. The molecule has 1 amide bonds. The number of alkyl carbamates (subject to hydrolysis) is 1. The number of nitrogens with zero attached hydrogens (tertiary/aromatic N) is 2. The summed E-state index contributed by atoms with van der Waals surface area (Å²) in [4.78, 5) is 19.5. The molecule has 0 bridgehead atoms. The first-order chi connectivity index (χ1) is 9.73. The van der Waals surface area contributed by atoms with Gasteiger partial charge in [0.25, 0.3) is 0 Å². The van der Waals surface area contributed by atoms with Crippen molar-refractivity contribution in [1.82, 2.24) is 15.3 Å². The Hall–Kier alpha value is -1.38. The molecule has 1 heterocycles. The van der Waals surface area contributed by atoms with E-state index < -0.39 is 23.9 Å². The van der Waals surface area contributed by atoms with E-state index in [4.69, 9.17) is 4.74 Å². The van der Waals surface area contributed by atoms with Crippen LogP contribution in [0.2, 0.25) is 0 Å². The largest absolute Gasteiger partial charge is 0.444 e. The van der Waals surface area contributed by atoms with Crippen LogP contribution in [0.25, 0.3) is 0 Å². The lowest BCUT2D eigenvalue weighted by atomic mass is 10.1. The fourth-order valence-corrected chi connectivity index (χ4v) is 1.74. The van der Waals surface area contributed by atoms with Gasteiger partial charge in [0.2, 0.25) is 0 Å². The van der Waals surface area contributed by atoms with E-state index in [1.165, 1.54) is 24.2 Å². The highest BCUT2D eigenvalue weighted by molar-refractivity contribution is 7.98. The zero-order chi connectivity index (χ0) is 16.0. The first-order valence-corrected chi connectivity index (χ1v) is 7.64. The quantitative estimate of drug-likeness (QED) is 0.552. The minimum Gasteiger partial charge on any atom is -0.444 e. The smallest absolute Gasteiger partial charge is 0.407 e. The number of aliphatic hydroxyl groups is 2. The van der Waals surface area contributed by atoms with Gasteiger partial charge in [0.05, 0.1) is 0 Å². The molecule has 1 rings (SSSR count). The molecule has 0 aromatic carbocycles. The van der Waals surface area contributed by atoms with Crippen molar-refractivity contribution in [3.63, 3.8) is 0 Å². The molecule has 8 heteroatoms. The SMILES string of the molecule is CSc1ncc(C(O)C(O)CNC(=O)OC(C)(C)C)cn1. The van der Waals surface area contributed by atoms with E-state index in [9.17, 15) is 15.0 Å². The maximum absolute atomic E-state index is 11.5. The molecule has 0 aliphatic carbocycles. The monoisotopic (exact) mass is 315 g/mol. The minimum atomic E-state index is -1.18. The molecule has 7 nitrogen and oxygen atoms in total. The average Bonchev–Trinajstić information content (AvgIpc) is 2.42. The van der Waals surface area contributed by atoms with Crippen LogP contribution in [-0.2, 0) is 4.74 Å². The van der Waals surface area contributed by atoms with Crippen LogP contribution < -0.4 is 5.32 Å². The topological polar surface area (TPSA) is 105 Å². The number of aromatic nitrogens is 2. The Balaban J connectivity index is 2.50. The summed E-state index contributed by atoms with van der Waals surface area (Å²) in [5.41, 5.74) is -0.235. The van der Waals surface area contributed by atoms with Gasteiger partial charge >= 0.3 is 6.09 Å². The maximum Gasteiger partial charge on any atom is 0.407 e. The van der Waals surface area contributed by atoms with Gasteiger partial charge in [0, 0.05) is 24.5 Å². The molecular weight excluding hydrogens is 294 g/mol. The Kier molecular flexibility index (Phi) is 6.38. The highest BCUT2D eigenvalue weighted by atomic mass is 32.2. The maximum atomic E-state index is 11.5. The molecule has 118 valence electrons. The first kappa shape index (κ1) is 17.7. The molecular formula is C13H21N3O4S. The van der Waals surface area contributed by atoms with Crippen LogP contribution in [0.15, 0.2) is 17.6 Å². The number of nitrogens with one attached hydrogen (secondary N) is 1. The predicted molar refractivity (Wildman–Crippen MR) is 79.0 cm³/mol. The van der Waals surface area contributed by atoms with Crippen molar-refractivity contribution in [3.8, 4) is 0 Å². The van der Waals surface area contributed by atoms with Crippen LogP contribution in [0.5, 0.6) is 0 Å². The van der Waals surface area contributed by atoms with Crippen LogP contribution in [0, 0.1) is 0 Å². The number of hydrogen-bond acceptors (Lipinski definition) is 7. The van der Waals surface area contributed by atoms with E-state index >= 15 is 0 Å². The van der Waals surface area contributed by atoms with E-state index in [1.54, 1.807) is 20.8 Å². The Morgan fingerprint density at radius 1 is 1.38 bits per heavy atom. The summed E-state index contributed by atoms with van der Waals surface area (Å²) in [6, 6.07) is 0. The van der Waals surface area contributed by atoms with Gasteiger partial charge in [-0.1, -0.05) is 11.8 Å². The molecule has 3 N–H and O–H groups in total. The lowest BCUT2D eigenvalue weighted by Gasteiger charge is -2.22. The Bertz CT molecular complexity index is 461.